The second-order valence-electron chi connectivity index (χ2n) is 6.77. The lowest BCUT2D eigenvalue weighted by molar-refractivity contribution is -0.138. The average molecular weight is 483 g/mol. The molecule has 30 heavy (non-hydrogen) atoms. The van der Waals surface area contributed by atoms with E-state index in [1.54, 1.807) is 19.9 Å². The van der Waals surface area contributed by atoms with Gasteiger partial charge in [0, 0.05) is 29.0 Å². The molecule has 0 fully saturated rings. The van der Waals surface area contributed by atoms with Gasteiger partial charge >= 0.3 is 6.18 Å². The number of aromatic nitrogens is 3. The van der Waals surface area contributed by atoms with E-state index in [0.717, 1.165) is 10.6 Å². The molecule has 0 aliphatic rings. The Hall–Kier alpha value is -2.88. The number of hydrogen-bond donors (Lipinski definition) is 1. The van der Waals surface area contributed by atoms with Gasteiger partial charge in [-0.2, -0.15) is 18.3 Å². The topological polar surface area (TPSA) is 68.9 Å². The summed E-state index contributed by atoms with van der Waals surface area (Å²) in [5, 5.41) is 6.66. The van der Waals surface area contributed by atoms with E-state index in [2.05, 4.69) is 26.3 Å². The van der Waals surface area contributed by atoms with Gasteiger partial charge in [0.25, 0.3) is 5.56 Å². The van der Waals surface area contributed by atoms with Crippen LogP contribution in [0.1, 0.15) is 22.5 Å². The molecule has 0 radical (unpaired) electrons. The van der Waals surface area contributed by atoms with E-state index >= 15 is 0 Å². The van der Waals surface area contributed by atoms with Crippen LogP contribution in [-0.2, 0) is 24.1 Å². The first-order valence-electron chi connectivity index (χ1n) is 8.91. The SMILES string of the molecule is Cc1cc(C)n(-c2ccc(CNC(=O)Cn3cc(Br)ccc3=O)c(C(F)(F)F)c2)n1. The smallest absolute Gasteiger partial charge is 0.350 e. The number of hydrogen-bond acceptors (Lipinski definition) is 3. The Kier molecular flexibility index (Phi) is 6.16. The maximum Gasteiger partial charge on any atom is 0.416 e. The maximum absolute atomic E-state index is 13.6. The quantitative estimate of drug-likeness (QED) is 0.602. The normalized spacial score (nSPS) is 11.5. The molecular formula is C20H18BrF3N4O2. The van der Waals surface area contributed by atoms with Crippen molar-refractivity contribution in [3.05, 3.63) is 79.9 Å². The van der Waals surface area contributed by atoms with E-state index in [0.29, 0.717) is 15.9 Å². The molecule has 1 amide bonds. The van der Waals surface area contributed by atoms with Crippen LogP contribution >= 0.6 is 15.9 Å². The Labute approximate surface area is 178 Å². The number of benzene rings is 1. The molecule has 3 rings (SSSR count). The van der Waals surface area contributed by atoms with Crippen molar-refractivity contribution in [1.29, 1.82) is 0 Å². The van der Waals surface area contributed by atoms with Gasteiger partial charge < -0.3 is 9.88 Å². The summed E-state index contributed by atoms with van der Waals surface area (Å²) < 4.78 is 44.1. The zero-order valence-corrected chi connectivity index (χ0v) is 17.7. The van der Waals surface area contributed by atoms with Gasteiger partial charge in [-0.1, -0.05) is 6.07 Å². The maximum atomic E-state index is 13.6. The molecule has 0 aliphatic heterocycles. The molecule has 0 bridgehead atoms. The highest BCUT2D eigenvalue weighted by molar-refractivity contribution is 9.10. The summed E-state index contributed by atoms with van der Waals surface area (Å²) in [6.07, 6.45) is -3.17. The van der Waals surface area contributed by atoms with Crippen molar-refractivity contribution in [3.8, 4) is 5.69 Å². The molecule has 6 nitrogen and oxygen atoms in total. The Morgan fingerprint density at radius 2 is 1.90 bits per heavy atom. The molecule has 3 aromatic rings. The molecule has 0 atom stereocenters. The lowest BCUT2D eigenvalue weighted by Gasteiger charge is -2.16. The van der Waals surface area contributed by atoms with Crippen LogP contribution in [0.25, 0.3) is 5.69 Å². The van der Waals surface area contributed by atoms with Gasteiger partial charge in [-0.3, -0.25) is 9.59 Å². The van der Waals surface area contributed by atoms with Crippen molar-refractivity contribution in [2.24, 2.45) is 0 Å². The van der Waals surface area contributed by atoms with E-state index in [1.165, 1.54) is 35.1 Å². The largest absolute Gasteiger partial charge is 0.416 e. The first-order valence-corrected chi connectivity index (χ1v) is 9.70. The monoisotopic (exact) mass is 482 g/mol. The number of nitrogens with one attached hydrogen (secondary N) is 1. The third-order valence-corrected chi connectivity index (χ3v) is 4.86. The number of nitrogens with zero attached hydrogens (tertiary/aromatic N) is 3. The fraction of sp³-hybridized carbons (Fsp3) is 0.250. The van der Waals surface area contributed by atoms with Gasteiger partial charge in [-0.15, -0.1) is 0 Å². The van der Waals surface area contributed by atoms with E-state index in [1.807, 2.05) is 0 Å². The minimum Gasteiger partial charge on any atom is -0.350 e. The van der Waals surface area contributed by atoms with Crippen molar-refractivity contribution in [1.82, 2.24) is 19.7 Å². The third kappa shape index (κ3) is 4.99. The first kappa shape index (κ1) is 21.8. The summed E-state index contributed by atoms with van der Waals surface area (Å²) in [5.74, 6) is -0.578. The van der Waals surface area contributed by atoms with Crippen molar-refractivity contribution >= 4 is 21.8 Å². The zero-order chi connectivity index (χ0) is 22.1. The van der Waals surface area contributed by atoms with Gasteiger partial charge in [0.05, 0.1) is 16.9 Å². The number of rotatable bonds is 5. The number of pyridine rings is 1. The third-order valence-electron chi connectivity index (χ3n) is 4.39. The van der Waals surface area contributed by atoms with Gasteiger partial charge in [0.15, 0.2) is 0 Å². The number of carbonyl (C=O) groups is 1. The Balaban J connectivity index is 1.81. The summed E-state index contributed by atoms with van der Waals surface area (Å²) >= 11 is 3.20. The van der Waals surface area contributed by atoms with Crippen molar-refractivity contribution in [2.45, 2.75) is 33.1 Å². The van der Waals surface area contributed by atoms with Crippen molar-refractivity contribution in [2.75, 3.05) is 0 Å². The average Bonchev–Trinajstić information content (AvgIpc) is 3.00. The highest BCUT2D eigenvalue weighted by Gasteiger charge is 2.34. The fourth-order valence-corrected chi connectivity index (χ4v) is 3.41. The van der Waals surface area contributed by atoms with Gasteiger partial charge in [-0.25, -0.2) is 4.68 Å². The summed E-state index contributed by atoms with van der Waals surface area (Å²) in [6.45, 7) is 2.89. The Morgan fingerprint density at radius 1 is 1.17 bits per heavy atom. The summed E-state index contributed by atoms with van der Waals surface area (Å²) in [7, 11) is 0. The number of aryl methyl sites for hydroxylation is 2. The van der Waals surface area contributed by atoms with Crippen molar-refractivity contribution in [3.63, 3.8) is 0 Å². The van der Waals surface area contributed by atoms with Crippen LogP contribution in [0, 0.1) is 13.8 Å². The van der Waals surface area contributed by atoms with Crippen LogP contribution in [0.2, 0.25) is 0 Å². The molecule has 0 spiro atoms. The number of halogens is 4. The van der Waals surface area contributed by atoms with E-state index in [-0.39, 0.29) is 24.3 Å². The Bertz CT molecular complexity index is 1150. The van der Waals surface area contributed by atoms with E-state index < -0.39 is 23.2 Å². The van der Waals surface area contributed by atoms with Gasteiger partial charge in [0.2, 0.25) is 5.91 Å². The lowest BCUT2D eigenvalue weighted by Crippen LogP contribution is -2.32. The lowest BCUT2D eigenvalue weighted by atomic mass is 10.1. The molecule has 0 saturated carbocycles. The highest BCUT2D eigenvalue weighted by Crippen LogP contribution is 2.33. The first-order chi connectivity index (χ1) is 14.0. The minimum atomic E-state index is -4.60. The molecule has 0 saturated heterocycles. The fourth-order valence-electron chi connectivity index (χ4n) is 3.03. The molecular weight excluding hydrogens is 465 g/mol. The van der Waals surface area contributed by atoms with Gasteiger partial charge in [0.1, 0.15) is 6.54 Å². The molecule has 0 aliphatic carbocycles. The van der Waals surface area contributed by atoms with Gasteiger partial charge in [-0.05, 0) is 59.6 Å². The molecule has 10 heteroatoms. The standard InChI is InChI=1S/C20H18BrF3N4O2/c1-12-7-13(2)28(26-12)16-5-3-14(17(8-16)20(22,23)24)9-25-18(29)11-27-10-15(21)4-6-19(27)30/h3-8,10H,9,11H2,1-2H3,(H,25,29). The van der Waals surface area contributed by atoms with Crippen molar-refractivity contribution < 1.29 is 18.0 Å². The number of amides is 1. The summed E-state index contributed by atoms with van der Waals surface area (Å²) in [6, 6.07) is 8.45. The van der Waals surface area contributed by atoms with Crippen LogP contribution in [0.3, 0.4) is 0 Å². The predicted molar refractivity (Wildman–Crippen MR) is 108 cm³/mol. The minimum absolute atomic E-state index is 0.0808. The number of carbonyl (C=O) groups excluding carboxylic acids is 1. The van der Waals surface area contributed by atoms with Crippen LogP contribution in [0.4, 0.5) is 13.2 Å². The molecule has 1 N–H and O–H groups in total. The second kappa shape index (κ2) is 8.47. The summed E-state index contributed by atoms with van der Waals surface area (Å²) in [5.41, 5.74) is 0.360. The Morgan fingerprint density at radius 3 is 2.53 bits per heavy atom. The van der Waals surface area contributed by atoms with E-state index in [4.69, 9.17) is 0 Å². The molecule has 158 valence electrons. The zero-order valence-electron chi connectivity index (χ0n) is 16.1. The second-order valence-corrected chi connectivity index (χ2v) is 7.68. The predicted octanol–water partition coefficient (Wildman–Crippen LogP) is 3.75. The molecule has 2 heterocycles. The van der Waals surface area contributed by atoms with Crippen LogP contribution in [-0.4, -0.2) is 20.3 Å². The number of alkyl halides is 3. The van der Waals surface area contributed by atoms with Crippen LogP contribution in [0.15, 0.2) is 51.9 Å². The summed E-state index contributed by atoms with van der Waals surface area (Å²) in [4.78, 5) is 23.9. The van der Waals surface area contributed by atoms with E-state index in [9.17, 15) is 22.8 Å². The molecule has 1 aromatic carbocycles. The molecule has 2 aromatic heterocycles. The van der Waals surface area contributed by atoms with Crippen LogP contribution < -0.4 is 10.9 Å². The molecule has 0 unspecified atom stereocenters. The highest BCUT2D eigenvalue weighted by atomic mass is 79.9. The van der Waals surface area contributed by atoms with Crippen LogP contribution in [0.5, 0.6) is 0 Å².